The summed E-state index contributed by atoms with van der Waals surface area (Å²) in [6.07, 6.45) is 6.38. The van der Waals surface area contributed by atoms with Gasteiger partial charge in [0, 0.05) is 67.3 Å². The van der Waals surface area contributed by atoms with Crippen molar-refractivity contribution in [3.05, 3.63) is 72.4 Å². The quantitative estimate of drug-likeness (QED) is 0.111. The molecule has 2 aromatic rings. The first-order chi connectivity index (χ1) is 20.6. The Labute approximate surface area is 250 Å². The molecule has 13 nitrogen and oxygen atoms in total. The molecular weight excluding hydrogens is 593 g/mol. The Morgan fingerprint density at radius 2 is 1.39 bits per heavy atom. The first-order valence-electron chi connectivity index (χ1n) is 13.1. The van der Waals surface area contributed by atoms with Crippen LogP contribution in [0.3, 0.4) is 0 Å². The SMILES string of the molecule is CC(CCCCCC(=O)Nc1ccc(C(F)(F)F)cc1)NCCc1cnc[nH]1.O=C(O)/C=C/C(=O)O.O=C(O)/C=C/C(=O)O. The summed E-state index contributed by atoms with van der Waals surface area (Å²) in [5.41, 5.74) is 0.768. The number of aromatic nitrogens is 2. The van der Waals surface area contributed by atoms with Gasteiger partial charge < -0.3 is 36.0 Å². The molecule has 1 aromatic carbocycles. The Morgan fingerprint density at radius 1 is 0.864 bits per heavy atom. The number of H-pyrrole nitrogens is 1. The number of benzene rings is 1. The Hall–Kier alpha value is -4.99. The average Bonchev–Trinajstić information content (AvgIpc) is 3.45. The molecule has 44 heavy (non-hydrogen) atoms. The fourth-order valence-electron chi connectivity index (χ4n) is 3.14. The molecule has 0 bridgehead atoms. The number of carboxylic acids is 4. The smallest absolute Gasteiger partial charge is 0.416 e. The van der Waals surface area contributed by atoms with Crippen molar-refractivity contribution < 1.29 is 57.6 Å². The second-order valence-electron chi connectivity index (χ2n) is 8.92. The molecule has 0 aliphatic rings. The zero-order valence-electron chi connectivity index (χ0n) is 23.7. The van der Waals surface area contributed by atoms with Crippen LogP contribution in [0, 0.1) is 0 Å². The number of nitrogens with one attached hydrogen (secondary N) is 3. The standard InChI is InChI=1S/C20H27F3N4O.2C4H4O4/c1-15(25-12-11-18-13-24-14-26-18)5-3-2-4-6-19(28)27-17-9-7-16(8-10-17)20(21,22)23;2*5-3(6)1-2-4(7)8/h7-10,13-15,25H,2-6,11-12H2,1H3,(H,24,26)(H,27,28);2*1-2H,(H,5,6)(H,7,8)/b;2*2-1+. The maximum Gasteiger partial charge on any atom is 0.416 e. The molecule has 1 amide bonds. The number of amides is 1. The largest absolute Gasteiger partial charge is 0.478 e. The van der Waals surface area contributed by atoms with Gasteiger partial charge in [0.05, 0.1) is 11.9 Å². The van der Waals surface area contributed by atoms with Crippen LogP contribution in [-0.2, 0) is 36.6 Å². The van der Waals surface area contributed by atoms with Crippen LogP contribution in [0.2, 0.25) is 0 Å². The predicted octanol–water partition coefficient (Wildman–Crippen LogP) is 3.96. The number of carbonyl (C=O) groups excluding carboxylic acids is 1. The van der Waals surface area contributed by atoms with Gasteiger partial charge >= 0.3 is 30.1 Å². The molecule has 0 saturated heterocycles. The van der Waals surface area contributed by atoms with Crippen LogP contribution in [-0.4, -0.2) is 72.8 Å². The zero-order chi connectivity index (χ0) is 33.5. The Kier molecular flexibility index (Phi) is 19.2. The van der Waals surface area contributed by atoms with Crippen molar-refractivity contribution in [1.29, 1.82) is 0 Å². The third-order valence-corrected chi connectivity index (χ3v) is 5.22. The number of hydrogen-bond donors (Lipinski definition) is 7. The van der Waals surface area contributed by atoms with Gasteiger partial charge in [-0.25, -0.2) is 24.2 Å². The minimum Gasteiger partial charge on any atom is -0.478 e. The highest BCUT2D eigenvalue weighted by Crippen LogP contribution is 2.29. The first-order valence-corrected chi connectivity index (χ1v) is 13.1. The molecule has 0 aliphatic heterocycles. The molecule has 16 heteroatoms. The number of unbranched alkanes of at least 4 members (excludes halogenated alkanes) is 2. The number of hydrogen-bond acceptors (Lipinski definition) is 7. The monoisotopic (exact) mass is 628 g/mol. The van der Waals surface area contributed by atoms with Crippen molar-refractivity contribution in [3.8, 4) is 0 Å². The summed E-state index contributed by atoms with van der Waals surface area (Å²) < 4.78 is 37.5. The van der Waals surface area contributed by atoms with E-state index in [4.69, 9.17) is 20.4 Å². The van der Waals surface area contributed by atoms with Crippen molar-refractivity contribution in [3.63, 3.8) is 0 Å². The van der Waals surface area contributed by atoms with Crippen LogP contribution in [0.25, 0.3) is 0 Å². The summed E-state index contributed by atoms with van der Waals surface area (Å²) in [6.45, 7) is 3.03. The second kappa shape index (κ2) is 21.7. The van der Waals surface area contributed by atoms with E-state index >= 15 is 0 Å². The maximum absolute atomic E-state index is 12.5. The van der Waals surface area contributed by atoms with E-state index < -0.39 is 35.6 Å². The summed E-state index contributed by atoms with van der Waals surface area (Å²) in [6, 6.07) is 4.89. The van der Waals surface area contributed by atoms with Gasteiger partial charge in [0.25, 0.3) is 0 Å². The number of anilines is 1. The second-order valence-corrected chi connectivity index (χ2v) is 8.92. The number of aromatic amines is 1. The van der Waals surface area contributed by atoms with Crippen molar-refractivity contribution >= 4 is 35.5 Å². The van der Waals surface area contributed by atoms with Crippen molar-refractivity contribution in [2.24, 2.45) is 0 Å². The van der Waals surface area contributed by atoms with E-state index in [1.54, 1.807) is 6.33 Å². The summed E-state index contributed by atoms with van der Waals surface area (Å²) in [7, 11) is 0. The van der Waals surface area contributed by atoms with Gasteiger partial charge in [0.15, 0.2) is 0 Å². The fourth-order valence-corrected chi connectivity index (χ4v) is 3.14. The molecule has 0 saturated carbocycles. The number of rotatable bonds is 15. The Bertz CT molecular complexity index is 1160. The number of alkyl halides is 3. The highest BCUT2D eigenvalue weighted by molar-refractivity contribution is 5.91. The molecule has 242 valence electrons. The third kappa shape index (κ3) is 22.7. The molecule has 7 N–H and O–H groups in total. The molecule has 1 atom stereocenters. The summed E-state index contributed by atoms with van der Waals surface area (Å²) in [4.78, 5) is 57.2. The third-order valence-electron chi connectivity index (χ3n) is 5.22. The zero-order valence-corrected chi connectivity index (χ0v) is 23.7. The van der Waals surface area contributed by atoms with E-state index in [1.165, 1.54) is 12.1 Å². The minimum atomic E-state index is -4.37. The Morgan fingerprint density at radius 3 is 1.82 bits per heavy atom. The fraction of sp³-hybridized carbons (Fsp3) is 0.357. The van der Waals surface area contributed by atoms with Gasteiger partial charge in [-0.2, -0.15) is 13.2 Å². The highest BCUT2D eigenvalue weighted by Gasteiger charge is 2.29. The Balaban J connectivity index is 0.000000947. The van der Waals surface area contributed by atoms with Gasteiger partial charge in [-0.1, -0.05) is 12.8 Å². The van der Waals surface area contributed by atoms with Gasteiger partial charge in [-0.05, 0) is 44.0 Å². The molecule has 1 aromatic heterocycles. The van der Waals surface area contributed by atoms with Crippen LogP contribution >= 0.6 is 0 Å². The topological polar surface area (TPSA) is 219 Å². The molecular formula is C28H35F3N4O9. The van der Waals surface area contributed by atoms with E-state index in [1.807, 2.05) is 6.20 Å². The van der Waals surface area contributed by atoms with Crippen LogP contribution in [0.4, 0.5) is 18.9 Å². The molecule has 0 aliphatic carbocycles. The molecule has 1 heterocycles. The van der Waals surface area contributed by atoms with E-state index in [0.717, 1.165) is 56.5 Å². The summed E-state index contributed by atoms with van der Waals surface area (Å²) >= 11 is 0. The average molecular weight is 629 g/mol. The van der Waals surface area contributed by atoms with Crippen molar-refractivity contribution in [2.45, 2.75) is 57.7 Å². The van der Waals surface area contributed by atoms with Gasteiger partial charge in [-0.15, -0.1) is 0 Å². The minimum absolute atomic E-state index is 0.175. The molecule has 0 spiro atoms. The molecule has 2 rings (SSSR count). The number of imidazole rings is 1. The number of carboxylic acid groups (broad SMARTS) is 4. The van der Waals surface area contributed by atoms with E-state index in [0.29, 0.717) is 42.5 Å². The lowest BCUT2D eigenvalue weighted by atomic mass is 10.1. The first kappa shape index (κ1) is 39.0. The van der Waals surface area contributed by atoms with Crippen molar-refractivity contribution in [2.75, 3.05) is 11.9 Å². The summed E-state index contributed by atoms with van der Waals surface area (Å²) in [5, 5.41) is 37.3. The summed E-state index contributed by atoms with van der Waals surface area (Å²) in [5.74, 6) is -5.20. The molecule has 1 unspecified atom stereocenters. The van der Waals surface area contributed by atoms with E-state index in [-0.39, 0.29) is 5.91 Å². The van der Waals surface area contributed by atoms with Crippen molar-refractivity contribution in [1.82, 2.24) is 15.3 Å². The van der Waals surface area contributed by atoms with Gasteiger partial charge in [-0.3, -0.25) is 4.79 Å². The van der Waals surface area contributed by atoms with Gasteiger partial charge in [0.2, 0.25) is 5.91 Å². The lowest BCUT2D eigenvalue weighted by Crippen LogP contribution is -2.28. The molecule has 0 fully saturated rings. The number of carbonyl (C=O) groups is 5. The van der Waals surface area contributed by atoms with E-state index in [2.05, 4.69) is 27.5 Å². The van der Waals surface area contributed by atoms with Crippen LogP contribution in [0.1, 0.15) is 50.3 Å². The van der Waals surface area contributed by atoms with Crippen LogP contribution in [0.15, 0.2) is 61.1 Å². The number of nitrogens with zero attached hydrogens (tertiary/aromatic N) is 1. The predicted molar refractivity (Wildman–Crippen MR) is 152 cm³/mol. The van der Waals surface area contributed by atoms with E-state index in [9.17, 15) is 37.1 Å². The number of halogens is 3. The maximum atomic E-state index is 12.5. The lowest BCUT2D eigenvalue weighted by molar-refractivity contribution is -0.137. The molecule has 0 radical (unpaired) electrons. The normalized spacial score (nSPS) is 11.5. The van der Waals surface area contributed by atoms with Crippen LogP contribution < -0.4 is 10.6 Å². The number of aliphatic carboxylic acids is 4. The van der Waals surface area contributed by atoms with Gasteiger partial charge in [0.1, 0.15) is 0 Å². The highest BCUT2D eigenvalue weighted by atomic mass is 19.4. The van der Waals surface area contributed by atoms with Crippen LogP contribution in [0.5, 0.6) is 0 Å². The lowest BCUT2D eigenvalue weighted by Gasteiger charge is -2.13.